The van der Waals surface area contributed by atoms with Crippen LogP contribution >= 0.6 is 28.1 Å². The Balaban J connectivity index is 2.39. The Morgan fingerprint density at radius 3 is 2.35 bits per heavy atom. The monoisotopic (exact) mass is 349 g/mol. The lowest BCUT2D eigenvalue weighted by molar-refractivity contribution is 0.474. The van der Waals surface area contributed by atoms with Crippen molar-refractivity contribution in [2.75, 3.05) is 0 Å². The summed E-state index contributed by atoms with van der Waals surface area (Å²) in [5.74, 6) is 1.66. The number of aryl methyl sites for hydroxylation is 2. The quantitative estimate of drug-likeness (QED) is 0.808. The van der Waals surface area contributed by atoms with Gasteiger partial charge in [0, 0.05) is 10.0 Å². The van der Waals surface area contributed by atoms with Crippen LogP contribution in [0.5, 0.6) is 11.5 Å². The van der Waals surface area contributed by atoms with Gasteiger partial charge in [-0.1, -0.05) is 24.4 Å². The molecule has 2 N–H and O–H groups in total. The molecule has 0 aliphatic rings. The molecule has 0 heterocycles. The van der Waals surface area contributed by atoms with Gasteiger partial charge in [-0.15, -0.1) is 0 Å². The minimum atomic E-state index is 0.367. The lowest BCUT2D eigenvalue weighted by atomic mass is 10.1. The van der Waals surface area contributed by atoms with E-state index in [9.17, 15) is 0 Å². The summed E-state index contributed by atoms with van der Waals surface area (Å²) in [4.78, 5) is 0.367. The lowest BCUT2D eigenvalue weighted by Gasteiger charge is -2.14. The Kier molecular flexibility index (Phi) is 4.45. The normalized spacial score (nSPS) is 10.4. The van der Waals surface area contributed by atoms with Crippen LogP contribution in [0, 0.1) is 20.8 Å². The van der Waals surface area contributed by atoms with E-state index in [-0.39, 0.29) is 0 Å². The van der Waals surface area contributed by atoms with Gasteiger partial charge < -0.3 is 10.5 Å². The zero-order valence-corrected chi connectivity index (χ0v) is 14.1. The van der Waals surface area contributed by atoms with E-state index in [1.54, 1.807) is 0 Å². The minimum absolute atomic E-state index is 0.367. The highest BCUT2D eigenvalue weighted by molar-refractivity contribution is 9.10. The molecule has 0 fully saturated rings. The van der Waals surface area contributed by atoms with Crippen molar-refractivity contribution in [3.63, 3.8) is 0 Å². The zero-order valence-electron chi connectivity index (χ0n) is 11.7. The molecule has 2 aromatic rings. The van der Waals surface area contributed by atoms with E-state index in [1.807, 2.05) is 25.1 Å². The van der Waals surface area contributed by atoms with Crippen LogP contribution in [0.4, 0.5) is 0 Å². The van der Waals surface area contributed by atoms with E-state index >= 15 is 0 Å². The highest BCUT2D eigenvalue weighted by atomic mass is 79.9. The maximum Gasteiger partial charge on any atom is 0.133 e. The summed E-state index contributed by atoms with van der Waals surface area (Å²) in [5, 5.41) is 0. The third-order valence-electron chi connectivity index (χ3n) is 3.30. The standard InChI is InChI=1S/C16H16BrNOS/c1-9-4-5-10(2)15(11(9)3)19-12-6-7-13(16(18)20)14(17)8-12/h4-8H,1-3H3,(H2,18,20). The molecule has 0 aromatic heterocycles. The fourth-order valence-electron chi connectivity index (χ4n) is 1.96. The number of thiocarbonyl (C=S) groups is 1. The molecule has 0 unspecified atom stereocenters. The van der Waals surface area contributed by atoms with Crippen LogP contribution in [0.1, 0.15) is 22.3 Å². The second-order valence-corrected chi connectivity index (χ2v) is 6.06. The number of benzene rings is 2. The van der Waals surface area contributed by atoms with Crippen LogP contribution in [0.15, 0.2) is 34.8 Å². The van der Waals surface area contributed by atoms with E-state index in [0.717, 1.165) is 32.7 Å². The van der Waals surface area contributed by atoms with Crippen molar-refractivity contribution in [1.29, 1.82) is 0 Å². The van der Waals surface area contributed by atoms with Crippen LogP contribution < -0.4 is 10.5 Å². The second kappa shape index (κ2) is 5.94. The van der Waals surface area contributed by atoms with Crippen molar-refractivity contribution in [1.82, 2.24) is 0 Å². The van der Waals surface area contributed by atoms with Gasteiger partial charge in [-0.25, -0.2) is 0 Å². The second-order valence-electron chi connectivity index (χ2n) is 4.76. The number of halogens is 1. The summed E-state index contributed by atoms with van der Waals surface area (Å²) in [7, 11) is 0. The Morgan fingerprint density at radius 2 is 1.75 bits per heavy atom. The fraction of sp³-hybridized carbons (Fsp3) is 0.188. The van der Waals surface area contributed by atoms with Gasteiger partial charge in [-0.2, -0.15) is 0 Å². The van der Waals surface area contributed by atoms with Gasteiger partial charge >= 0.3 is 0 Å². The molecule has 0 bridgehead atoms. The summed E-state index contributed by atoms with van der Waals surface area (Å²) in [6.07, 6.45) is 0. The smallest absolute Gasteiger partial charge is 0.133 e. The van der Waals surface area contributed by atoms with Crippen molar-refractivity contribution in [2.45, 2.75) is 20.8 Å². The van der Waals surface area contributed by atoms with Crippen LogP contribution in [0.2, 0.25) is 0 Å². The number of hydrogen-bond donors (Lipinski definition) is 1. The molecule has 0 amide bonds. The van der Waals surface area contributed by atoms with E-state index in [1.165, 1.54) is 5.56 Å². The molecule has 0 atom stereocenters. The van der Waals surface area contributed by atoms with E-state index < -0.39 is 0 Å². The molecular weight excluding hydrogens is 334 g/mol. The molecule has 0 spiro atoms. The predicted molar refractivity (Wildman–Crippen MR) is 90.8 cm³/mol. The summed E-state index contributed by atoms with van der Waals surface area (Å²) in [6.45, 7) is 6.18. The summed E-state index contributed by atoms with van der Waals surface area (Å²) in [6, 6.07) is 9.79. The number of ether oxygens (including phenoxy) is 1. The molecule has 104 valence electrons. The Morgan fingerprint density at radius 1 is 1.10 bits per heavy atom. The van der Waals surface area contributed by atoms with E-state index in [4.69, 9.17) is 22.7 Å². The van der Waals surface area contributed by atoms with Crippen molar-refractivity contribution >= 4 is 33.1 Å². The molecule has 20 heavy (non-hydrogen) atoms. The average molecular weight is 350 g/mol. The lowest BCUT2D eigenvalue weighted by Crippen LogP contribution is -2.09. The van der Waals surface area contributed by atoms with Gasteiger partial charge in [0.05, 0.1) is 0 Å². The molecule has 2 rings (SSSR count). The minimum Gasteiger partial charge on any atom is -0.457 e. The summed E-state index contributed by atoms with van der Waals surface area (Å²) < 4.78 is 6.86. The Hall–Kier alpha value is -1.39. The maximum absolute atomic E-state index is 6.02. The molecule has 4 heteroatoms. The van der Waals surface area contributed by atoms with Crippen LogP contribution in [-0.2, 0) is 0 Å². The molecule has 2 aromatic carbocycles. The van der Waals surface area contributed by atoms with Gasteiger partial charge in [-0.05, 0) is 71.6 Å². The van der Waals surface area contributed by atoms with Gasteiger partial charge in [0.15, 0.2) is 0 Å². The summed E-state index contributed by atoms with van der Waals surface area (Å²) in [5.41, 5.74) is 9.93. The van der Waals surface area contributed by atoms with Crippen LogP contribution in [0.3, 0.4) is 0 Å². The van der Waals surface area contributed by atoms with Gasteiger partial charge in [-0.3, -0.25) is 0 Å². The van der Waals surface area contributed by atoms with Crippen molar-refractivity contribution in [2.24, 2.45) is 5.73 Å². The first-order chi connectivity index (χ1) is 9.40. The number of hydrogen-bond acceptors (Lipinski definition) is 2. The first-order valence-corrected chi connectivity index (χ1v) is 7.44. The average Bonchev–Trinajstić information content (AvgIpc) is 2.39. The fourth-order valence-corrected chi connectivity index (χ4v) is 2.84. The van der Waals surface area contributed by atoms with Crippen LogP contribution in [0.25, 0.3) is 0 Å². The molecule has 2 nitrogen and oxygen atoms in total. The molecule has 0 radical (unpaired) electrons. The topological polar surface area (TPSA) is 35.2 Å². The molecular formula is C16H16BrNOS. The number of rotatable bonds is 3. The third-order valence-corrected chi connectivity index (χ3v) is 4.18. The predicted octanol–water partition coefficient (Wildman–Crippen LogP) is 4.80. The van der Waals surface area contributed by atoms with Crippen LogP contribution in [-0.4, -0.2) is 4.99 Å². The first-order valence-electron chi connectivity index (χ1n) is 6.24. The van der Waals surface area contributed by atoms with Gasteiger partial charge in [0.1, 0.15) is 16.5 Å². The van der Waals surface area contributed by atoms with Gasteiger partial charge in [0.25, 0.3) is 0 Å². The SMILES string of the molecule is Cc1ccc(C)c(Oc2ccc(C(N)=S)c(Br)c2)c1C. The highest BCUT2D eigenvalue weighted by Gasteiger charge is 2.10. The molecule has 0 aliphatic heterocycles. The molecule has 0 saturated carbocycles. The van der Waals surface area contributed by atoms with E-state index in [0.29, 0.717) is 4.99 Å². The number of nitrogens with two attached hydrogens (primary N) is 1. The molecule has 0 saturated heterocycles. The highest BCUT2D eigenvalue weighted by Crippen LogP contribution is 2.32. The van der Waals surface area contributed by atoms with Gasteiger partial charge in [0.2, 0.25) is 0 Å². The first kappa shape index (κ1) is 15.0. The largest absolute Gasteiger partial charge is 0.457 e. The van der Waals surface area contributed by atoms with E-state index in [2.05, 4.69) is 41.9 Å². The van der Waals surface area contributed by atoms with Crippen molar-refractivity contribution < 1.29 is 4.74 Å². The third kappa shape index (κ3) is 3.02. The Bertz CT molecular complexity index is 682. The summed E-state index contributed by atoms with van der Waals surface area (Å²) >= 11 is 8.45. The van der Waals surface area contributed by atoms with Crippen molar-refractivity contribution in [3.8, 4) is 11.5 Å². The molecule has 0 aliphatic carbocycles. The zero-order chi connectivity index (χ0) is 14.9. The Labute approximate surface area is 133 Å². The maximum atomic E-state index is 6.02. The van der Waals surface area contributed by atoms with Crippen molar-refractivity contribution in [3.05, 3.63) is 57.1 Å².